The number of fused-ring (bicyclic) bond motifs is 1. The van der Waals surface area contributed by atoms with E-state index < -0.39 is 5.97 Å². The molecule has 0 aliphatic rings. The molecule has 6 heteroatoms. The normalized spacial score (nSPS) is 10.3. The molecule has 0 unspecified atom stereocenters. The minimum absolute atomic E-state index is 0.171. The molecule has 1 aromatic carbocycles. The first-order valence-electron chi connectivity index (χ1n) is 6.28. The van der Waals surface area contributed by atoms with Crippen LogP contribution in [0.4, 0.5) is 11.5 Å². The number of methoxy groups -OCH3 is 1. The third-order valence-electron chi connectivity index (χ3n) is 2.99. The van der Waals surface area contributed by atoms with Crippen molar-refractivity contribution in [3.05, 3.63) is 54.7 Å². The minimum Gasteiger partial charge on any atom is -0.464 e. The van der Waals surface area contributed by atoms with Crippen LogP contribution in [0.25, 0.3) is 10.8 Å². The second-order valence-corrected chi connectivity index (χ2v) is 4.31. The first-order valence-corrected chi connectivity index (χ1v) is 6.28. The Balaban J connectivity index is 1.90. The van der Waals surface area contributed by atoms with Crippen LogP contribution in [-0.2, 0) is 4.74 Å². The molecule has 21 heavy (non-hydrogen) atoms. The molecule has 0 amide bonds. The number of hydrogen-bond acceptors (Lipinski definition) is 6. The van der Waals surface area contributed by atoms with Crippen LogP contribution in [0.1, 0.15) is 10.5 Å². The van der Waals surface area contributed by atoms with E-state index in [1.165, 1.54) is 19.5 Å². The number of esters is 1. The number of carbonyl (C=O) groups excluding carboxylic acids is 1. The summed E-state index contributed by atoms with van der Waals surface area (Å²) >= 11 is 0. The first-order chi connectivity index (χ1) is 10.3. The van der Waals surface area contributed by atoms with Crippen molar-refractivity contribution in [1.29, 1.82) is 0 Å². The SMILES string of the molecule is COC(=O)c1cnc(Nc2cccc3cnccc23)cn1. The molecule has 1 N–H and O–H groups in total. The lowest BCUT2D eigenvalue weighted by atomic mass is 10.1. The molecule has 0 atom stereocenters. The summed E-state index contributed by atoms with van der Waals surface area (Å²) in [5.74, 6) is 0.0391. The highest BCUT2D eigenvalue weighted by atomic mass is 16.5. The first kappa shape index (κ1) is 13.0. The molecule has 0 spiro atoms. The maximum Gasteiger partial charge on any atom is 0.358 e. The molecule has 0 aliphatic carbocycles. The Morgan fingerprint density at radius 2 is 2.05 bits per heavy atom. The summed E-state index contributed by atoms with van der Waals surface area (Å²) in [6.07, 6.45) is 6.40. The molecule has 0 saturated carbocycles. The van der Waals surface area contributed by atoms with Crippen LogP contribution in [0.2, 0.25) is 0 Å². The number of rotatable bonds is 3. The van der Waals surface area contributed by atoms with Gasteiger partial charge in [0, 0.05) is 28.9 Å². The van der Waals surface area contributed by atoms with Gasteiger partial charge in [0.1, 0.15) is 5.82 Å². The summed E-state index contributed by atoms with van der Waals surface area (Å²) < 4.78 is 4.58. The number of pyridine rings is 1. The largest absolute Gasteiger partial charge is 0.464 e. The molecule has 3 rings (SSSR count). The van der Waals surface area contributed by atoms with Gasteiger partial charge in [-0.15, -0.1) is 0 Å². The zero-order chi connectivity index (χ0) is 14.7. The highest BCUT2D eigenvalue weighted by molar-refractivity contribution is 5.94. The molecule has 2 aromatic heterocycles. The van der Waals surface area contributed by atoms with Crippen molar-refractivity contribution in [2.45, 2.75) is 0 Å². The van der Waals surface area contributed by atoms with Gasteiger partial charge in [-0.25, -0.2) is 14.8 Å². The van der Waals surface area contributed by atoms with Gasteiger partial charge in [0.05, 0.1) is 19.5 Å². The fourth-order valence-electron chi connectivity index (χ4n) is 1.97. The molecule has 0 aliphatic heterocycles. The van der Waals surface area contributed by atoms with Crippen LogP contribution in [-0.4, -0.2) is 28.0 Å². The molecular formula is C15H12N4O2. The molecule has 0 bridgehead atoms. The summed E-state index contributed by atoms with van der Waals surface area (Å²) in [6, 6.07) is 7.79. The van der Waals surface area contributed by atoms with Crippen molar-refractivity contribution in [2.24, 2.45) is 0 Å². The summed E-state index contributed by atoms with van der Waals surface area (Å²) in [5, 5.41) is 5.24. The summed E-state index contributed by atoms with van der Waals surface area (Å²) in [4.78, 5) is 23.6. The number of carbonyl (C=O) groups is 1. The molecule has 0 radical (unpaired) electrons. The van der Waals surface area contributed by atoms with E-state index in [1.807, 2.05) is 24.3 Å². The Bertz CT molecular complexity index is 782. The maximum absolute atomic E-state index is 11.3. The second-order valence-electron chi connectivity index (χ2n) is 4.31. The number of benzene rings is 1. The van der Waals surface area contributed by atoms with Gasteiger partial charge in [0.15, 0.2) is 5.69 Å². The van der Waals surface area contributed by atoms with E-state index in [0.29, 0.717) is 5.82 Å². The number of nitrogens with one attached hydrogen (secondary N) is 1. The topological polar surface area (TPSA) is 77.0 Å². The Morgan fingerprint density at radius 1 is 1.14 bits per heavy atom. The number of ether oxygens (including phenoxy) is 1. The lowest BCUT2D eigenvalue weighted by Crippen LogP contribution is -2.05. The highest BCUT2D eigenvalue weighted by Crippen LogP contribution is 2.24. The maximum atomic E-state index is 11.3. The molecule has 2 heterocycles. The lowest BCUT2D eigenvalue weighted by Gasteiger charge is -2.08. The number of aromatic nitrogens is 3. The van der Waals surface area contributed by atoms with Crippen LogP contribution in [0.3, 0.4) is 0 Å². The summed E-state index contributed by atoms with van der Waals surface area (Å²) in [7, 11) is 1.31. The van der Waals surface area contributed by atoms with Gasteiger partial charge in [-0.05, 0) is 12.1 Å². The molecule has 0 fully saturated rings. The van der Waals surface area contributed by atoms with Crippen LogP contribution in [0.15, 0.2) is 49.1 Å². The van der Waals surface area contributed by atoms with Gasteiger partial charge in [-0.1, -0.05) is 12.1 Å². The average molecular weight is 280 g/mol. The summed E-state index contributed by atoms with van der Waals surface area (Å²) in [5.41, 5.74) is 1.07. The van der Waals surface area contributed by atoms with Crippen LogP contribution < -0.4 is 5.32 Å². The van der Waals surface area contributed by atoms with Crippen molar-refractivity contribution >= 4 is 28.2 Å². The van der Waals surface area contributed by atoms with E-state index in [4.69, 9.17) is 0 Å². The molecule has 104 valence electrons. The predicted molar refractivity (Wildman–Crippen MR) is 78.4 cm³/mol. The van der Waals surface area contributed by atoms with E-state index >= 15 is 0 Å². The van der Waals surface area contributed by atoms with Crippen LogP contribution in [0, 0.1) is 0 Å². The zero-order valence-corrected chi connectivity index (χ0v) is 11.3. The van der Waals surface area contributed by atoms with Crippen molar-refractivity contribution in [3.63, 3.8) is 0 Å². The van der Waals surface area contributed by atoms with Gasteiger partial charge in [0.25, 0.3) is 0 Å². The number of anilines is 2. The Kier molecular flexibility index (Phi) is 3.42. The lowest BCUT2D eigenvalue weighted by molar-refractivity contribution is 0.0593. The predicted octanol–water partition coefficient (Wildman–Crippen LogP) is 2.56. The third kappa shape index (κ3) is 2.64. The van der Waals surface area contributed by atoms with E-state index in [9.17, 15) is 4.79 Å². The fourth-order valence-corrected chi connectivity index (χ4v) is 1.97. The molecule has 0 saturated heterocycles. The van der Waals surface area contributed by atoms with Crippen molar-refractivity contribution < 1.29 is 9.53 Å². The van der Waals surface area contributed by atoms with Crippen LogP contribution in [0.5, 0.6) is 0 Å². The Labute approximate surface area is 120 Å². The second kappa shape index (κ2) is 5.54. The van der Waals surface area contributed by atoms with Crippen LogP contribution >= 0.6 is 0 Å². The van der Waals surface area contributed by atoms with E-state index in [2.05, 4.69) is 25.0 Å². The van der Waals surface area contributed by atoms with E-state index in [1.54, 1.807) is 12.4 Å². The van der Waals surface area contributed by atoms with Gasteiger partial charge >= 0.3 is 5.97 Å². The van der Waals surface area contributed by atoms with Crippen molar-refractivity contribution in [3.8, 4) is 0 Å². The quantitative estimate of drug-likeness (QED) is 0.743. The van der Waals surface area contributed by atoms with E-state index in [0.717, 1.165) is 16.5 Å². The fraction of sp³-hybridized carbons (Fsp3) is 0.0667. The third-order valence-corrected chi connectivity index (χ3v) is 2.99. The van der Waals surface area contributed by atoms with Gasteiger partial charge in [-0.2, -0.15) is 0 Å². The Morgan fingerprint density at radius 3 is 2.81 bits per heavy atom. The Hall–Kier alpha value is -3.02. The number of nitrogens with zero attached hydrogens (tertiary/aromatic N) is 3. The summed E-state index contributed by atoms with van der Waals surface area (Å²) in [6.45, 7) is 0. The highest BCUT2D eigenvalue weighted by Gasteiger charge is 2.08. The molecular weight excluding hydrogens is 268 g/mol. The van der Waals surface area contributed by atoms with Gasteiger partial charge in [0.2, 0.25) is 0 Å². The average Bonchev–Trinajstić information content (AvgIpc) is 2.55. The number of hydrogen-bond donors (Lipinski definition) is 1. The standard InChI is InChI=1S/C15H12N4O2/c1-21-15(20)13-8-18-14(9-17-13)19-12-4-2-3-10-7-16-6-5-11(10)12/h2-9H,1H3,(H,18,19). The smallest absolute Gasteiger partial charge is 0.358 e. The molecule has 3 aromatic rings. The molecule has 6 nitrogen and oxygen atoms in total. The van der Waals surface area contributed by atoms with Gasteiger partial charge < -0.3 is 10.1 Å². The monoisotopic (exact) mass is 280 g/mol. The van der Waals surface area contributed by atoms with Gasteiger partial charge in [-0.3, -0.25) is 4.98 Å². The van der Waals surface area contributed by atoms with E-state index in [-0.39, 0.29) is 5.69 Å². The van der Waals surface area contributed by atoms with Crippen molar-refractivity contribution in [2.75, 3.05) is 12.4 Å². The zero-order valence-electron chi connectivity index (χ0n) is 11.3. The van der Waals surface area contributed by atoms with Crippen molar-refractivity contribution in [1.82, 2.24) is 15.0 Å². The minimum atomic E-state index is -0.509.